The van der Waals surface area contributed by atoms with Gasteiger partial charge < -0.3 is 9.73 Å². The summed E-state index contributed by atoms with van der Waals surface area (Å²) in [5, 5.41) is 3.81. The number of nitrogens with zero attached hydrogens (tertiary/aromatic N) is 1. The molecule has 1 aliphatic heterocycles. The number of carbonyl (C=O) groups is 1. The SMILES string of the molecule is O=C(NCC(c1ccco1)N1CCCCC1)c1ccc(Cl)c(Cl)c1. The molecule has 0 spiro atoms. The highest BCUT2D eigenvalue weighted by molar-refractivity contribution is 6.42. The number of piperidine rings is 1. The van der Waals surface area contributed by atoms with E-state index in [9.17, 15) is 4.79 Å². The molecule has 0 saturated carbocycles. The Bertz CT molecular complexity index is 682. The summed E-state index contributed by atoms with van der Waals surface area (Å²) in [7, 11) is 0. The van der Waals surface area contributed by atoms with Gasteiger partial charge in [-0.25, -0.2) is 0 Å². The molecule has 0 bridgehead atoms. The first-order chi connectivity index (χ1) is 11.6. The second kappa shape index (κ2) is 8.06. The summed E-state index contributed by atoms with van der Waals surface area (Å²) in [5.74, 6) is 0.716. The second-order valence-corrected chi connectivity index (χ2v) is 6.78. The van der Waals surface area contributed by atoms with Crippen molar-refractivity contribution >= 4 is 29.1 Å². The molecule has 24 heavy (non-hydrogen) atoms. The quantitative estimate of drug-likeness (QED) is 0.844. The summed E-state index contributed by atoms with van der Waals surface area (Å²) in [6.07, 6.45) is 5.29. The summed E-state index contributed by atoms with van der Waals surface area (Å²) in [6, 6.07) is 8.78. The lowest BCUT2D eigenvalue weighted by Gasteiger charge is -2.33. The van der Waals surface area contributed by atoms with Crippen LogP contribution in [-0.4, -0.2) is 30.4 Å². The monoisotopic (exact) mass is 366 g/mol. The van der Waals surface area contributed by atoms with E-state index >= 15 is 0 Å². The third-order valence-corrected chi connectivity index (χ3v) is 5.08. The number of nitrogens with one attached hydrogen (secondary N) is 1. The molecular weight excluding hydrogens is 347 g/mol. The molecule has 1 fully saturated rings. The Labute approximate surface area is 151 Å². The topological polar surface area (TPSA) is 45.5 Å². The lowest BCUT2D eigenvalue weighted by Crippen LogP contribution is -2.40. The first kappa shape index (κ1) is 17.3. The molecule has 2 heterocycles. The molecule has 6 heteroatoms. The van der Waals surface area contributed by atoms with E-state index in [-0.39, 0.29) is 11.9 Å². The van der Waals surface area contributed by atoms with Gasteiger partial charge in [0.15, 0.2) is 0 Å². The predicted molar refractivity (Wildman–Crippen MR) is 95.7 cm³/mol. The van der Waals surface area contributed by atoms with Gasteiger partial charge in [-0.1, -0.05) is 29.6 Å². The van der Waals surface area contributed by atoms with E-state index in [1.807, 2.05) is 12.1 Å². The Kier molecular flexibility index (Phi) is 5.82. The van der Waals surface area contributed by atoms with E-state index in [4.69, 9.17) is 27.6 Å². The molecule has 1 aromatic carbocycles. The average molecular weight is 367 g/mol. The number of hydrogen-bond acceptors (Lipinski definition) is 3. The normalized spacial score (nSPS) is 16.8. The predicted octanol–water partition coefficient (Wildman–Crippen LogP) is 4.54. The molecule has 1 aromatic heterocycles. The summed E-state index contributed by atoms with van der Waals surface area (Å²) in [4.78, 5) is 14.8. The van der Waals surface area contributed by atoms with Gasteiger partial charge in [-0.15, -0.1) is 0 Å². The van der Waals surface area contributed by atoms with E-state index in [2.05, 4.69) is 10.2 Å². The van der Waals surface area contributed by atoms with Crippen LogP contribution in [0.4, 0.5) is 0 Å². The van der Waals surface area contributed by atoms with Crippen LogP contribution in [0.25, 0.3) is 0 Å². The largest absolute Gasteiger partial charge is 0.468 e. The Morgan fingerprint density at radius 1 is 1.17 bits per heavy atom. The number of hydrogen-bond donors (Lipinski definition) is 1. The Morgan fingerprint density at radius 3 is 2.62 bits per heavy atom. The van der Waals surface area contributed by atoms with Gasteiger partial charge in [0.05, 0.1) is 22.4 Å². The van der Waals surface area contributed by atoms with Gasteiger partial charge in [0, 0.05) is 12.1 Å². The lowest BCUT2D eigenvalue weighted by molar-refractivity contribution is 0.0914. The number of halogens is 2. The van der Waals surface area contributed by atoms with Gasteiger partial charge in [0.1, 0.15) is 5.76 Å². The van der Waals surface area contributed by atoms with Crippen LogP contribution in [0.2, 0.25) is 10.0 Å². The highest BCUT2D eigenvalue weighted by atomic mass is 35.5. The van der Waals surface area contributed by atoms with Gasteiger partial charge in [-0.05, 0) is 56.3 Å². The van der Waals surface area contributed by atoms with E-state index in [1.165, 1.54) is 19.3 Å². The highest BCUT2D eigenvalue weighted by Gasteiger charge is 2.25. The van der Waals surface area contributed by atoms with Gasteiger partial charge in [-0.2, -0.15) is 0 Å². The molecule has 128 valence electrons. The Hall–Kier alpha value is -1.49. The van der Waals surface area contributed by atoms with E-state index < -0.39 is 0 Å². The maximum Gasteiger partial charge on any atom is 0.251 e. The number of amides is 1. The minimum atomic E-state index is -0.165. The van der Waals surface area contributed by atoms with E-state index in [0.717, 1.165) is 18.8 Å². The maximum atomic E-state index is 12.4. The van der Waals surface area contributed by atoms with Crippen molar-refractivity contribution in [3.63, 3.8) is 0 Å². The highest BCUT2D eigenvalue weighted by Crippen LogP contribution is 2.25. The van der Waals surface area contributed by atoms with Gasteiger partial charge >= 0.3 is 0 Å². The fourth-order valence-electron chi connectivity index (χ4n) is 3.05. The number of carbonyl (C=O) groups excluding carboxylic acids is 1. The van der Waals surface area contributed by atoms with Crippen molar-refractivity contribution in [1.82, 2.24) is 10.2 Å². The van der Waals surface area contributed by atoms with Crippen LogP contribution in [-0.2, 0) is 0 Å². The van der Waals surface area contributed by atoms with Gasteiger partial charge in [-0.3, -0.25) is 9.69 Å². The van der Waals surface area contributed by atoms with Crippen molar-refractivity contribution in [2.75, 3.05) is 19.6 Å². The first-order valence-electron chi connectivity index (χ1n) is 8.16. The molecule has 1 unspecified atom stereocenters. The van der Waals surface area contributed by atoms with Crippen molar-refractivity contribution in [3.05, 3.63) is 58.0 Å². The van der Waals surface area contributed by atoms with Crippen molar-refractivity contribution in [1.29, 1.82) is 0 Å². The molecule has 0 radical (unpaired) electrons. The van der Waals surface area contributed by atoms with Crippen LogP contribution < -0.4 is 5.32 Å². The molecule has 1 saturated heterocycles. The molecular formula is C18H20Cl2N2O2. The first-order valence-corrected chi connectivity index (χ1v) is 8.91. The third-order valence-electron chi connectivity index (χ3n) is 4.34. The molecule has 2 aromatic rings. The van der Waals surface area contributed by atoms with Crippen molar-refractivity contribution < 1.29 is 9.21 Å². The van der Waals surface area contributed by atoms with Gasteiger partial charge in [0.25, 0.3) is 5.91 Å². The maximum absolute atomic E-state index is 12.4. The standard InChI is InChI=1S/C18H20Cl2N2O2/c19-14-7-6-13(11-15(14)20)18(23)21-12-16(17-5-4-10-24-17)22-8-2-1-3-9-22/h4-7,10-11,16H,1-3,8-9,12H2,(H,21,23). The summed E-state index contributed by atoms with van der Waals surface area (Å²) < 4.78 is 5.59. The Balaban J connectivity index is 1.68. The number of furan rings is 1. The van der Waals surface area contributed by atoms with Crippen molar-refractivity contribution in [3.8, 4) is 0 Å². The molecule has 1 N–H and O–H groups in total. The smallest absolute Gasteiger partial charge is 0.251 e. The molecule has 1 amide bonds. The fraction of sp³-hybridized carbons (Fsp3) is 0.389. The third kappa shape index (κ3) is 4.12. The molecule has 1 aliphatic rings. The van der Waals surface area contributed by atoms with Crippen LogP contribution >= 0.6 is 23.2 Å². The van der Waals surface area contributed by atoms with Crippen LogP contribution in [0.5, 0.6) is 0 Å². The van der Waals surface area contributed by atoms with Crippen LogP contribution in [0.15, 0.2) is 41.0 Å². The fourth-order valence-corrected chi connectivity index (χ4v) is 3.35. The minimum Gasteiger partial charge on any atom is -0.468 e. The zero-order valence-electron chi connectivity index (χ0n) is 13.3. The minimum absolute atomic E-state index is 0.0482. The summed E-state index contributed by atoms with van der Waals surface area (Å²) in [5.41, 5.74) is 0.501. The lowest BCUT2D eigenvalue weighted by atomic mass is 10.1. The summed E-state index contributed by atoms with van der Waals surface area (Å²) in [6.45, 7) is 2.54. The molecule has 1 atom stereocenters. The number of benzene rings is 1. The second-order valence-electron chi connectivity index (χ2n) is 5.97. The molecule has 0 aliphatic carbocycles. The summed E-state index contributed by atoms with van der Waals surface area (Å²) >= 11 is 11.9. The van der Waals surface area contributed by atoms with Crippen molar-refractivity contribution in [2.24, 2.45) is 0 Å². The molecule has 3 rings (SSSR count). The van der Waals surface area contributed by atoms with Gasteiger partial charge in [0.2, 0.25) is 0 Å². The van der Waals surface area contributed by atoms with Crippen LogP contribution in [0.3, 0.4) is 0 Å². The van der Waals surface area contributed by atoms with Crippen LogP contribution in [0, 0.1) is 0 Å². The number of likely N-dealkylation sites (tertiary alicyclic amines) is 1. The molecule has 4 nitrogen and oxygen atoms in total. The van der Waals surface area contributed by atoms with E-state index in [1.54, 1.807) is 24.5 Å². The van der Waals surface area contributed by atoms with E-state index in [0.29, 0.717) is 22.2 Å². The van der Waals surface area contributed by atoms with Crippen LogP contribution in [0.1, 0.15) is 41.4 Å². The number of rotatable bonds is 5. The zero-order chi connectivity index (χ0) is 16.9. The average Bonchev–Trinajstić information content (AvgIpc) is 3.12. The zero-order valence-corrected chi connectivity index (χ0v) is 14.8. The van der Waals surface area contributed by atoms with Crippen molar-refractivity contribution in [2.45, 2.75) is 25.3 Å². The Morgan fingerprint density at radius 2 is 1.96 bits per heavy atom.